The number of thiophene rings is 1. The first kappa shape index (κ1) is 20.3. The van der Waals surface area contributed by atoms with Crippen molar-refractivity contribution in [1.29, 1.82) is 0 Å². The van der Waals surface area contributed by atoms with Crippen LogP contribution in [0.3, 0.4) is 0 Å². The van der Waals surface area contributed by atoms with Gasteiger partial charge in [0.1, 0.15) is 0 Å². The molecule has 0 radical (unpaired) electrons. The molecule has 27 heavy (non-hydrogen) atoms. The molecule has 0 unspecified atom stereocenters. The van der Waals surface area contributed by atoms with Crippen molar-refractivity contribution in [2.45, 2.75) is 12.7 Å². The first-order valence-corrected chi connectivity index (χ1v) is 8.21. The van der Waals surface area contributed by atoms with Crippen LogP contribution in [-0.2, 0) is 17.5 Å². The molecule has 0 aliphatic heterocycles. The standard InChI is InChI=1S/C15H15F3N6O2S/c1-4-7-20-13(25)12(19-2)22-24(3)8-9-5-6-10(27-9)11-21-14(26-23-11)15(16,17)18/h4-6H,1-2,7-8H2,3H3,(H,20,25)/b22-12-. The van der Waals surface area contributed by atoms with Crippen LogP contribution in [0.4, 0.5) is 13.2 Å². The SMILES string of the molecule is C=CCNC(=O)/C(N=C)=N/N(C)Cc1ccc(-c2noc(C(F)(F)F)n2)s1. The highest BCUT2D eigenvalue weighted by atomic mass is 32.1. The van der Waals surface area contributed by atoms with Crippen molar-refractivity contribution in [3.8, 4) is 10.7 Å². The van der Waals surface area contributed by atoms with E-state index in [4.69, 9.17) is 0 Å². The van der Waals surface area contributed by atoms with E-state index in [9.17, 15) is 18.0 Å². The summed E-state index contributed by atoms with van der Waals surface area (Å²) in [4.78, 5) is 19.9. The summed E-state index contributed by atoms with van der Waals surface area (Å²) in [5.41, 5.74) is 0. The summed E-state index contributed by atoms with van der Waals surface area (Å²) >= 11 is 1.17. The van der Waals surface area contributed by atoms with E-state index < -0.39 is 18.0 Å². The van der Waals surface area contributed by atoms with Gasteiger partial charge in [-0.25, -0.2) is 4.99 Å². The molecule has 2 aromatic rings. The van der Waals surface area contributed by atoms with Crippen LogP contribution in [0, 0.1) is 0 Å². The van der Waals surface area contributed by atoms with Crippen molar-refractivity contribution >= 4 is 29.8 Å². The number of aliphatic imine (C=N–C) groups is 1. The zero-order valence-electron chi connectivity index (χ0n) is 14.2. The summed E-state index contributed by atoms with van der Waals surface area (Å²) in [6.45, 7) is 7.33. The molecule has 2 aromatic heterocycles. The molecule has 0 saturated heterocycles. The Balaban J connectivity index is 2.07. The number of alkyl halides is 3. The summed E-state index contributed by atoms with van der Waals surface area (Å²) < 4.78 is 41.8. The van der Waals surface area contributed by atoms with Crippen LogP contribution < -0.4 is 5.32 Å². The Morgan fingerprint density at radius 3 is 2.81 bits per heavy atom. The number of amidine groups is 1. The molecule has 2 rings (SSSR count). The van der Waals surface area contributed by atoms with Gasteiger partial charge in [0.2, 0.25) is 11.7 Å². The molecule has 0 aromatic carbocycles. The van der Waals surface area contributed by atoms with Gasteiger partial charge in [-0.05, 0) is 18.9 Å². The monoisotopic (exact) mass is 400 g/mol. The van der Waals surface area contributed by atoms with Gasteiger partial charge in [-0.15, -0.1) is 17.9 Å². The number of halogens is 3. The number of carbonyl (C=O) groups excluding carboxylic acids is 1. The number of nitrogens with one attached hydrogen (secondary N) is 1. The molecule has 0 bridgehead atoms. The van der Waals surface area contributed by atoms with Crippen molar-refractivity contribution in [3.63, 3.8) is 0 Å². The highest BCUT2D eigenvalue weighted by molar-refractivity contribution is 7.15. The number of aromatic nitrogens is 2. The molecule has 144 valence electrons. The Morgan fingerprint density at radius 1 is 1.48 bits per heavy atom. The third-order valence-corrected chi connectivity index (χ3v) is 4.03. The molecule has 12 heteroatoms. The Labute approximate surface area is 156 Å². The van der Waals surface area contributed by atoms with Crippen LogP contribution in [0.2, 0.25) is 0 Å². The van der Waals surface area contributed by atoms with E-state index >= 15 is 0 Å². The zero-order valence-corrected chi connectivity index (χ0v) is 15.0. The van der Waals surface area contributed by atoms with Crippen LogP contribution in [-0.4, -0.2) is 47.2 Å². The maximum Gasteiger partial charge on any atom is 0.471 e. The van der Waals surface area contributed by atoms with Crippen LogP contribution >= 0.6 is 11.3 Å². The third kappa shape index (κ3) is 5.48. The second-order valence-electron chi connectivity index (χ2n) is 5.08. The average molecular weight is 400 g/mol. The molecular weight excluding hydrogens is 385 g/mol. The molecule has 1 N–H and O–H groups in total. The molecule has 0 saturated carbocycles. The summed E-state index contributed by atoms with van der Waals surface area (Å²) in [6.07, 6.45) is -3.18. The second-order valence-corrected chi connectivity index (χ2v) is 6.25. The Morgan fingerprint density at radius 2 is 2.22 bits per heavy atom. The Hall–Kier alpha value is -3.02. The van der Waals surface area contributed by atoms with Gasteiger partial charge in [-0.2, -0.15) is 23.3 Å². The number of carbonyl (C=O) groups is 1. The lowest BCUT2D eigenvalue weighted by Crippen LogP contribution is -2.31. The molecule has 2 heterocycles. The van der Waals surface area contributed by atoms with Gasteiger partial charge in [-0.1, -0.05) is 11.2 Å². The lowest BCUT2D eigenvalue weighted by atomic mass is 10.4. The molecule has 0 atom stereocenters. The van der Waals surface area contributed by atoms with Crippen LogP contribution in [0.15, 0.2) is 39.4 Å². The van der Waals surface area contributed by atoms with E-state index in [2.05, 4.69) is 43.4 Å². The number of hydrogen-bond acceptors (Lipinski definition) is 7. The molecule has 0 spiro atoms. The molecule has 0 aliphatic rings. The minimum atomic E-state index is -4.69. The van der Waals surface area contributed by atoms with Gasteiger partial charge >= 0.3 is 12.1 Å². The summed E-state index contributed by atoms with van der Waals surface area (Å²) in [7, 11) is 1.61. The van der Waals surface area contributed by atoms with Crippen molar-refractivity contribution in [3.05, 3.63) is 35.6 Å². The number of amides is 1. The molecule has 8 nitrogen and oxygen atoms in total. The van der Waals surface area contributed by atoms with Gasteiger partial charge in [0.25, 0.3) is 5.91 Å². The van der Waals surface area contributed by atoms with Gasteiger partial charge in [0, 0.05) is 18.5 Å². The highest BCUT2D eigenvalue weighted by Gasteiger charge is 2.38. The first-order chi connectivity index (χ1) is 12.7. The highest BCUT2D eigenvalue weighted by Crippen LogP contribution is 2.31. The number of hydrogen-bond donors (Lipinski definition) is 1. The summed E-state index contributed by atoms with van der Waals surface area (Å²) in [5, 5.41) is 11.4. The van der Waals surface area contributed by atoms with Crippen LogP contribution in [0.1, 0.15) is 10.8 Å². The van der Waals surface area contributed by atoms with Crippen molar-refractivity contribution < 1.29 is 22.5 Å². The Bertz CT molecular complexity index is 858. The van der Waals surface area contributed by atoms with E-state index in [0.29, 0.717) is 4.88 Å². The maximum atomic E-state index is 12.5. The largest absolute Gasteiger partial charge is 0.471 e. The van der Waals surface area contributed by atoms with E-state index in [1.54, 1.807) is 19.2 Å². The fourth-order valence-electron chi connectivity index (χ4n) is 1.84. The Kier molecular flexibility index (Phi) is 6.45. The zero-order chi connectivity index (χ0) is 20.0. The third-order valence-electron chi connectivity index (χ3n) is 2.96. The number of rotatable bonds is 6. The van der Waals surface area contributed by atoms with Crippen molar-refractivity contribution in [2.75, 3.05) is 13.6 Å². The van der Waals surface area contributed by atoms with Crippen molar-refractivity contribution in [2.24, 2.45) is 10.1 Å². The lowest BCUT2D eigenvalue weighted by Gasteiger charge is -2.12. The molecular formula is C15H15F3N6O2S. The van der Waals surface area contributed by atoms with Gasteiger partial charge in [0.15, 0.2) is 0 Å². The van der Waals surface area contributed by atoms with Gasteiger partial charge in [-0.3, -0.25) is 9.80 Å². The molecule has 0 aliphatic carbocycles. The van der Waals surface area contributed by atoms with Gasteiger partial charge in [0.05, 0.1) is 11.4 Å². The van der Waals surface area contributed by atoms with E-state index in [1.807, 2.05) is 0 Å². The van der Waals surface area contributed by atoms with E-state index in [1.165, 1.54) is 22.4 Å². The fourth-order valence-corrected chi connectivity index (χ4v) is 2.82. The minimum absolute atomic E-state index is 0.121. The molecule has 1 amide bonds. The smallest absolute Gasteiger partial charge is 0.346 e. The first-order valence-electron chi connectivity index (χ1n) is 7.40. The number of nitrogens with zero attached hydrogens (tertiary/aromatic N) is 5. The molecule has 0 fully saturated rings. The van der Waals surface area contributed by atoms with Crippen LogP contribution in [0.5, 0.6) is 0 Å². The van der Waals surface area contributed by atoms with Crippen molar-refractivity contribution in [1.82, 2.24) is 20.5 Å². The average Bonchev–Trinajstić information content (AvgIpc) is 3.26. The quantitative estimate of drug-likeness (QED) is 0.348. The van der Waals surface area contributed by atoms with Gasteiger partial charge < -0.3 is 9.84 Å². The predicted octanol–water partition coefficient (Wildman–Crippen LogP) is 2.57. The summed E-state index contributed by atoms with van der Waals surface area (Å²) in [6, 6.07) is 3.26. The predicted molar refractivity (Wildman–Crippen MR) is 94.3 cm³/mol. The fraction of sp³-hybridized carbons (Fsp3) is 0.267. The van der Waals surface area contributed by atoms with E-state index in [-0.39, 0.29) is 24.7 Å². The maximum absolute atomic E-state index is 12.5. The topological polar surface area (TPSA) is 96.0 Å². The second kappa shape index (κ2) is 8.58. The number of hydrazone groups is 1. The lowest BCUT2D eigenvalue weighted by molar-refractivity contribution is -0.159. The van der Waals surface area contributed by atoms with E-state index in [0.717, 1.165) is 4.88 Å². The normalized spacial score (nSPS) is 11.9. The minimum Gasteiger partial charge on any atom is -0.346 e. The van der Waals surface area contributed by atoms with Crippen LogP contribution in [0.25, 0.3) is 10.7 Å². The summed E-state index contributed by atoms with van der Waals surface area (Å²) in [5.74, 6) is -2.18.